The number of rotatable bonds is 6. The fourth-order valence-corrected chi connectivity index (χ4v) is 3.93. The molecule has 0 bridgehead atoms. The van der Waals surface area contributed by atoms with E-state index in [0.29, 0.717) is 5.92 Å². The van der Waals surface area contributed by atoms with Crippen LogP contribution in [0.15, 0.2) is 18.2 Å². The maximum Gasteiger partial charge on any atom is 0.00228 e. The summed E-state index contributed by atoms with van der Waals surface area (Å²) in [7, 11) is 0. The molecule has 0 saturated heterocycles. The highest BCUT2D eigenvalue weighted by molar-refractivity contribution is 5.31. The smallest absolute Gasteiger partial charge is 0.00228 e. The molecule has 0 heterocycles. The SMILES string of the molecule is CCCNCC(c1cc(C)cc(C)c1)C1CCCCCC1. The number of aryl methyl sites for hydroxylation is 2. The highest BCUT2D eigenvalue weighted by Crippen LogP contribution is 2.35. The van der Waals surface area contributed by atoms with E-state index in [9.17, 15) is 0 Å². The molecule has 0 amide bonds. The topological polar surface area (TPSA) is 12.0 Å². The molecule has 0 radical (unpaired) electrons. The molecule has 1 aromatic rings. The Bertz CT molecular complexity index is 396. The van der Waals surface area contributed by atoms with Crippen molar-refractivity contribution >= 4 is 0 Å². The van der Waals surface area contributed by atoms with E-state index < -0.39 is 0 Å². The molecule has 1 fully saturated rings. The van der Waals surface area contributed by atoms with Crippen LogP contribution in [0.4, 0.5) is 0 Å². The lowest BCUT2D eigenvalue weighted by Gasteiger charge is -2.28. The Labute approximate surface area is 131 Å². The zero-order valence-electron chi connectivity index (χ0n) is 14.3. The molecule has 118 valence electrons. The number of nitrogens with one attached hydrogen (secondary N) is 1. The summed E-state index contributed by atoms with van der Waals surface area (Å²) in [6.07, 6.45) is 9.82. The predicted molar refractivity (Wildman–Crippen MR) is 93.0 cm³/mol. The van der Waals surface area contributed by atoms with Crippen molar-refractivity contribution in [1.82, 2.24) is 5.32 Å². The van der Waals surface area contributed by atoms with Gasteiger partial charge in [0.1, 0.15) is 0 Å². The molecule has 1 N–H and O–H groups in total. The Morgan fingerprint density at radius 2 is 1.62 bits per heavy atom. The molecule has 0 spiro atoms. The Hall–Kier alpha value is -0.820. The summed E-state index contributed by atoms with van der Waals surface area (Å²) in [5, 5.41) is 3.69. The third-order valence-corrected chi connectivity index (χ3v) is 4.93. The van der Waals surface area contributed by atoms with E-state index in [4.69, 9.17) is 0 Å². The van der Waals surface area contributed by atoms with Crippen molar-refractivity contribution < 1.29 is 0 Å². The summed E-state index contributed by atoms with van der Waals surface area (Å²) in [5.74, 6) is 1.58. The second-order valence-electron chi connectivity index (χ2n) is 6.98. The summed E-state index contributed by atoms with van der Waals surface area (Å²) < 4.78 is 0. The van der Waals surface area contributed by atoms with Crippen LogP contribution in [-0.4, -0.2) is 13.1 Å². The Balaban J connectivity index is 2.16. The summed E-state index contributed by atoms with van der Waals surface area (Å²) in [6.45, 7) is 9.03. The van der Waals surface area contributed by atoms with Gasteiger partial charge in [-0.25, -0.2) is 0 Å². The molecule has 2 rings (SSSR count). The summed E-state index contributed by atoms with van der Waals surface area (Å²) >= 11 is 0. The monoisotopic (exact) mass is 287 g/mol. The van der Waals surface area contributed by atoms with Gasteiger partial charge >= 0.3 is 0 Å². The molecule has 21 heavy (non-hydrogen) atoms. The van der Waals surface area contributed by atoms with Crippen LogP contribution in [0, 0.1) is 19.8 Å². The van der Waals surface area contributed by atoms with E-state index in [0.717, 1.165) is 19.0 Å². The van der Waals surface area contributed by atoms with Gasteiger partial charge < -0.3 is 5.32 Å². The van der Waals surface area contributed by atoms with Crippen LogP contribution < -0.4 is 5.32 Å². The second kappa shape index (κ2) is 8.58. The number of hydrogen-bond acceptors (Lipinski definition) is 1. The van der Waals surface area contributed by atoms with E-state index in [1.807, 2.05) is 0 Å². The predicted octanol–water partition coefficient (Wildman–Crippen LogP) is 5.36. The van der Waals surface area contributed by atoms with Crippen LogP contribution in [0.5, 0.6) is 0 Å². The Kier molecular flexibility index (Phi) is 6.76. The first-order valence-corrected chi connectivity index (χ1v) is 8.99. The highest BCUT2D eigenvalue weighted by Gasteiger charge is 2.24. The fourth-order valence-electron chi connectivity index (χ4n) is 3.93. The van der Waals surface area contributed by atoms with Crippen molar-refractivity contribution in [3.63, 3.8) is 0 Å². The minimum Gasteiger partial charge on any atom is -0.316 e. The van der Waals surface area contributed by atoms with E-state index >= 15 is 0 Å². The van der Waals surface area contributed by atoms with Gasteiger partial charge in [0.05, 0.1) is 0 Å². The molecule has 0 aromatic heterocycles. The average molecular weight is 287 g/mol. The van der Waals surface area contributed by atoms with Crippen molar-refractivity contribution in [3.8, 4) is 0 Å². The largest absolute Gasteiger partial charge is 0.316 e. The normalized spacial score (nSPS) is 18.4. The third-order valence-electron chi connectivity index (χ3n) is 4.93. The zero-order chi connectivity index (χ0) is 15.1. The van der Waals surface area contributed by atoms with Crippen LogP contribution in [0.3, 0.4) is 0 Å². The quantitative estimate of drug-likeness (QED) is 0.549. The molecule has 1 aliphatic rings. The minimum atomic E-state index is 0.702. The van der Waals surface area contributed by atoms with Gasteiger partial charge in [-0.05, 0) is 57.1 Å². The number of hydrogen-bond donors (Lipinski definition) is 1. The van der Waals surface area contributed by atoms with Gasteiger partial charge in [-0.3, -0.25) is 0 Å². The summed E-state index contributed by atoms with van der Waals surface area (Å²) in [4.78, 5) is 0. The first-order chi connectivity index (χ1) is 10.2. The Morgan fingerprint density at radius 3 is 2.19 bits per heavy atom. The first-order valence-electron chi connectivity index (χ1n) is 8.99. The van der Waals surface area contributed by atoms with E-state index in [2.05, 4.69) is 44.3 Å². The van der Waals surface area contributed by atoms with Crippen LogP contribution in [0.25, 0.3) is 0 Å². The molecular weight excluding hydrogens is 254 g/mol. The zero-order valence-corrected chi connectivity index (χ0v) is 14.3. The molecular formula is C20H33N. The van der Waals surface area contributed by atoms with Gasteiger partial charge in [0.25, 0.3) is 0 Å². The molecule has 1 saturated carbocycles. The van der Waals surface area contributed by atoms with Crippen molar-refractivity contribution in [2.45, 2.75) is 71.6 Å². The molecule has 1 nitrogen and oxygen atoms in total. The van der Waals surface area contributed by atoms with E-state index in [1.165, 1.54) is 56.1 Å². The molecule has 1 aliphatic carbocycles. The van der Waals surface area contributed by atoms with E-state index in [-0.39, 0.29) is 0 Å². The molecule has 1 heteroatoms. The lowest BCUT2D eigenvalue weighted by molar-refractivity contribution is 0.361. The van der Waals surface area contributed by atoms with Gasteiger partial charge in [0.2, 0.25) is 0 Å². The maximum absolute atomic E-state index is 3.69. The molecule has 1 unspecified atom stereocenters. The van der Waals surface area contributed by atoms with Gasteiger partial charge in [0.15, 0.2) is 0 Å². The van der Waals surface area contributed by atoms with Crippen molar-refractivity contribution in [2.75, 3.05) is 13.1 Å². The standard InChI is InChI=1S/C20H33N/c1-4-11-21-15-20(18-9-7-5-6-8-10-18)19-13-16(2)12-17(3)14-19/h12-14,18,20-21H,4-11,15H2,1-3H3. The highest BCUT2D eigenvalue weighted by atomic mass is 14.9. The maximum atomic E-state index is 3.69. The van der Waals surface area contributed by atoms with Crippen molar-refractivity contribution in [2.24, 2.45) is 5.92 Å². The van der Waals surface area contributed by atoms with Gasteiger partial charge in [-0.1, -0.05) is 61.9 Å². The van der Waals surface area contributed by atoms with Crippen molar-refractivity contribution in [1.29, 1.82) is 0 Å². The van der Waals surface area contributed by atoms with Crippen LogP contribution in [0.2, 0.25) is 0 Å². The summed E-state index contributed by atoms with van der Waals surface area (Å²) in [6, 6.07) is 7.15. The van der Waals surface area contributed by atoms with Crippen LogP contribution in [-0.2, 0) is 0 Å². The lowest BCUT2D eigenvalue weighted by atomic mass is 9.80. The third kappa shape index (κ3) is 5.14. The van der Waals surface area contributed by atoms with Gasteiger partial charge in [0, 0.05) is 6.54 Å². The average Bonchev–Trinajstić information content (AvgIpc) is 2.71. The van der Waals surface area contributed by atoms with E-state index in [1.54, 1.807) is 5.56 Å². The van der Waals surface area contributed by atoms with Crippen LogP contribution in [0.1, 0.15) is 74.5 Å². The Morgan fingerprint density at radius 1 is 1.00 bits per heavy atom. The number of benzene rings is 1. The lowest BCUT2D eigenvalue weighted by Crippen LogP contribution is -2.27. The van der Waals surface area contributed by atoms with Crippen molar-refractivity contribution in [3.05, 3.63) is 34.9 Å². The summed E-state index contributed by atoms with van der Waals surface area (Å²) in [5.41, 5.74) is 4.40. The molecule has 0 aliphatic heterocycles. The fraction of sp³-hybridized carbons (Fsp3) is 0.700. The van der Waals surface area contributed by atoms with Crippen LogP contribution >= 0.6 is 0 Å². The molecule has 1 atom stereocenters. The second-order valence-corrected chi connectivity index (χ2v) is 6.98. The van der Waals surface area contributed by atoms with Gasteiger partial charge in [-0.15, -0.1) is 0 Å². The van der Waals surface area contributed by atoms with Gasteiger partial charge in [-0.2, -0.15) is 0 Å². The first kappa shape index (κ1) is 16.5. The minimum absolute atomic E-state index is 0.702. The molecule has 1 aromatic carbocycles.